The van der Waals surface area contributed by atoms with Crippen molar-refractivity contribution in [1.29, 1.82) is 0 Å². The lowest BCUT2D eigenvalue weighted by Crippen LogP contribution is -2.14. The zero-order valence-electron chi connectivity index (χ0n) is 13.8. The molecule has 134 valence electrons. The maximum atomic E-state index is 12.3. The molecule has 0 heterocycles. The molecular weight excluding hydrogens is 342 g/mol. The van der Waals surface area contributed by atoms with E-state index in [1.54, 1.807) is 24.3 Å². The molecule has 0 aliphatic rings. The van der Waals surface area contributed by atoms with E-state index in [1.165, 1.54) is 0 Å². The van der Waals surface area contributed by atoms with Gasteiger partial charge in [0, 0.05) is 11.8 Å². The highest BCUT2D eigenvalue weighted by molar-refractivity contribution is 6.07. The Labute approximate surface area is 148 Å². The van der Waals surface area contributed by atoms with Gasteiger partial charge in [0.1, 0.15) is 17.9 Å². The Morgan fingerprint density at radius 3 is 2.31 bits per heavy atom. The molecule has 1 amide bonds. The van der Waals surface area contributed by atoms with E-state index in [1.807, 2.05) is 6.92 Å². The molecule has 1 N–H and O–H groups in total. The lowest BCUT2D eigenvalue weighted by Gasteiger charge is -2.08. The molecule has 0 atom stereocenters. The fourth-order valence-electron chi connectivity index (χ4n) is 2.02. The van der Waals surface area contributed by atoms with Crippen LogP contribution in [0.2, 0.25) is 0 Å². The molecule has 0 radical (unpaired) electrons. The molecule has 9 nitrogen and oxygen atoms in total. The number of carbonyl (C=O) groups excluding carboxylic acids is 1. The van der Waals surface area contributed by atoms with Crippen LogP contribution in [-0.2, 0) is 0 Å². The molecule has 2 aromatic carbocycles. The summed E-state index contributed by atoms with van der Waals surface area (Å²) >= 11 is 0. The lowest BCUT2D eigenvalue weighted by molar-refractivity contribution is -0.394. The zero-order valence-corrected chi connectivity index (χ0v) is 13.8. The minimum atomic E-state index is -0.837. The number of nitrogens with zero attached hydrogens (tertiary/aromatic N) is 2. The summed E-state index contributed by atoms with van der Waals surface area (Å²) in [7, 11) is 0. The van der Waals surface area contributed by atoms with Crippen LogP contribution in [0.5, 0.6) is 5.75 Å². The molecule has 9 heteroatoms. The Hall–Kier alpha value is -3.75. The van der Waals surface area contributed by atoms with E-state index in [-0.39, 0.29) is 5.56 Å². The molecule has 0 saturated heterocycles. The molecule has 0 aliphatic heterocycles. The molecule has 2 rings (SSSR count). The number of anilines is 1. The van der Waals surface area contributed by atoms with E-state index in [2.05, 4.69) is 11.9 Å². The topological polar surface area (TPSA) is 125 Å². The fraction of sp³-hybridized carbons (Fsp3) is 0.118. The molecular formula is C17H15N3O6. The standard InChI is InChI=1S/C17H15N3O6/c1-11(2)10-26-14-6-3-12(4-7-14)18-17(21)15-8-5-13(19(22)23)9-16(15)20(24)25/h3-9H,1,10H2,2H3,(H,18,21). The van der Waals surface area contributed by atoms with Gasteiger partial charge in [-0.3, -0.25) is 25.0 Å². The van der Waals surface area contributed by atoms with Crippen LogP contribution in [0.4, 0.5) is 17.1 Å². The number of hydrogen-bond donors (Lipinski definition) is 1. The van der Waals surface area contributed by atoms with Crippen LogP contribution in [0, 0.1) is 20.2 Å². The summed E-state index contributed by atoms with van der Waals surface area (Å²) in [5.74, 6) is -0.172. The van der Waals surface area contributed by atoms with Crippen molar-refractivity contribution >= 4 is 23.0 Å². The minimum Gasteiger partial charge on any atom is -0.489 e. The van der Waals surface area contributed by atoms with Crippen molar-refractivity contribution in [2.45, 2.75) is 6.92 Å². The molecule has 0 unspecified atom stereocenters. The smallest absolute Gasteiger partial charge is 0.289 e. The number of amides is 1. The first-order valence-corrected chi connectivity index (χ1v) is 7.39. The van der Waals surface area contributed by atoms with E-state index in [0.29, 0.717) is 18.0 Å². The van der Waals surface area contributed by atoms with Gasteiger partial charge < -0.3 is 10.1 Å². The highest BCUT2D eigenvalue weighted by atomic mass is 16.6. The average Bonchev–Trinajstić information content (AvgIpc) is 2.60. The summed E-state index contributed by atoms with van der Waals surface area (Å²) in [6.45, 7) is 5.91. The largest absolute Gasteiger partial charge is 0.489 e. The molecule has 26 heavy (non-hydrogen) atoms. The van der Waals surface area contributed by atoms with Crippen molar-refractivity contribution in [3.8, 4) is 5.75 Å². The molecule has 0 fully saturated rings. The molecule has 0 bridgehead atoms. The summed E-state index contributed by atoms with van der Waals surface area (Å²) in [6.07, 6.45) is 0. The van der Waals surface area contributed by atoms with E-state index >= 15 is 0 Å². The van der Waals surface area contributed by atoms with Gasteiger partial charge in [-0.1, -0.05) is 6.58 Å². The minimum absolute atomic E-state index is 0.275. The molecule has 0 saturated carbocycles. The van der Waals surface area contributed by atoms with Crippen LogP contribution >= 0.6 is 0 Å². The summed E-state index contributed by atoms with van der Waals surface area (Å²) in [5.41, 5.74) is -0.133. The van der Waals surface area contributed by atoms with Gasteiger partial charge in [-0.15, -0.1) is 0 Å². The second kappa shape index (κ2) is 7.88. The third-order valence-corrected chi connectivity index (χ3v) is 3.23. The Morgan fingerprint density at radius 2 is 1.77 bits per heavy atom. The number of nitrogens with one attached hydrogen (secondary N) is 1. The number of non-ortho nitro benzene ring substituents is 1. The van der Waals surface area contributed by atoms with Crippen LogP contribution < -0.4 is 10.1 Å². The predicted molar refractivity (Wildman–Crippen MR) is 94.5 cm³/mol. The van der Waals surface area contributed by atoms with Gasteiger partial charge >= 0.3 is 0 Å². The van der Waals surface area contributed by atoms with Gasteiger partial charge in [0.2, 0.25) is 0 Å². The summed E-state index contributed by atoms with van der Waals surface area (Å²) in [4.78, 5) is 32.5. The number of nitro benzene ring substituents is 2. The first-order valence-electron chi connectivity index (χ1n) is 7.39. The normalized spacial score (nSPS) is 10.0. The second-order valence-corrected chi connectivity index (χ2v) is 5.44. The Balaban J connectivity index is 2.18. The Morgan fingerprint density at radius 1 is 1.12 bits per heavy atom. The van der Waals surface area contributed by atoms with Crippen molar-refractivity contribution < 1.29 is 19.4 Å². The molecule has 2 aromatic rings. The number of benzene rings is 2. The third-order valence-electron chi connectivity index (χ3n) is 3.23. The number of rotatable bonds is 7. The summed E-state index contributed by atoms with van der Waals surface area (Å²) in [6, 6.07) is 9.24. The second-order valence-electron chi connectivity index (χ2n) is 5.44. The van der Waals surface area contributed by atoms with Crippen LogP contribution in [-0.4, -0.2) is 22.4 Å². The fourth-order valence-corrected chi connectivity index (χ4v) is 2.02. The van der Waals surface area contributed by atoms with E-state index < -0.39 is 27.1 Å². The quantitative estimate of drug-likeness (QED) is 0.457. The predicted octanol–water partition coefficient (Wildman–Crippen LogP) is 3.71. The highest BCUT2D eigenvalue weighted by Crippen LogP contribution is 2.26. The average molecular weight is 357 g/mol. The van der Waals surface area contributed by atoms with Gasteiger partial charge in [-0.2, -0.15) is 0 Å². The van der Waals surface area contributed by atoms with Gasteiger partial charge in [-0.05, 0) is 42.8 Å². The number of carbonyl (C=O) groups is 1. The van der Waals surface area contributed by atoms with Gasteiger partial charge in [0.05, 0.1) is 15.9 Å². The zero-order chi connectivity index (χ0) is 19.3. The van der Waals surface area contributed by atoms with Crippen LogP contribution in [0.1, 0.15) is 17.3 Å². The SMILES string of the molecule is C=C(C)COc1ccc(NC(=O)c2ccc([N+](=O)[O-])cc2[N+](=O)[O-])cc1. The lowest BCUT2D eigenvalue weighted by atomic mass is 10.1. The van der Waals surface area contributed by atoms with E-state index in [9.17, 15) is 25.0 Å². The molecule has 0 aromatic heterocycles. The number of ether oxygens (including phenoxy) is 1. The Kier molecular flexibility index (Phi) is 5.63. The van der Waals surface area contributed by atoms with Crippen molar-refractivity contribution in [2.75, 3.05) is 11.9 Å². The molecule has 0 aliphatic carbocycles. The van der Waals surface area contributed by atoms with E-state index in [0.717, 1.165) is 23.8 Å². The summed E-state index contributed by atoms with van der Waals surface area (Å²) in [5, 5.41) is 24.4. The van der Waals surface area contributed by atoms with Gasteiger partial charge in [0.15, 0.2) is 0 Å². The Bertz CT molecular complexity index is 877. The highest BCUT2D eigenvalue weighted by Gasteiger charge is 2.24. The monoisotopic (exact) mass is 357 g/mol. The van der Waals surface area contributed by atoms with E-state index in [4.69, 9.17) is 4.74 Å². The van der Waals surface area contributed by atoms with Crippen LogP contribution in [0.15, 0.2) is 54.6 Å². The van der Waals surface area contributed by atoms with Gasteiger partial charge in [0.25, 0.3) is 17.3 Å². The number of hydrogen-bond acceptors (Lipinski definition) is 6. The van der Waals surface area contributed by atoms with Crippen molar-refractivity contribution in [1.82, 2.24) is 0 Å². The first-order chi connectivity index (χ1) is 12.3. The summed E-state index contributed by atoms with van der Waals surface area (Å²) < 4.78 is 5.43. The first kappa shape index (κ1) is 18.6. The maximum absolute atomic E-state index is 12.3. The van der Waals surface area contributed by atoms with Crippen molar-refractivity contribution in [2.24, 2.45) is 0 Å². The van der Waals surface area contributed by atoms with Gasteiger partial charge in [-0.25, -0.2) is 0 Å². The third kappa shape index (κ3) is 4.63. The van der Waals surface area contributed by atoms with Crippen LogP contribution in [0.3, 0.4) is 0 Å². The molecule has 0 spiro atoms. The van der Waals surface area contributed by atoms with Crippen LogP contribution in [0.25, 0.3) is 0 Å². The van der Waals surface area contributed by atoms with Crippen molar-refractivity contribution in [3.05, 3.63) is 80.4 Å². The van der Waals surface area contributed by atoms with Crippen molar-refractivity contribution in [3.63, 3.8) is 0 Å². The number of nitro groups is 2. The maximum Gasteiger partial charge on any atom is 0.289 e.